The molecule has 3 atom stereocenters. The van der Waals surface area contributed by atoms with Crippen molar-refractivity contribution in [2.45, 2.75) is 37.5 Å². The largest absolute Gasteiger partial charge is 0.390 e. The van der Waals surface area contributed by atoms with Crippen LogP contribution in [-0.4, -0.2) is 52.9 Å². The molecular formula is C12H18N2O2S. The average molecular weight is 254 g/mol. The first-order chi connectivity index (χ1) is 8.33. The van der Waals surface area contributed by atoms with E-state index in [-0.39, 0.29) is 6.10 Å². The van der Waals surface area contributed by atoms with E-state index in [0.29, 0.717) is 12.5 Å². The molecule has 0 bridgehead atoms. The molecule has 0 saturated carbocycles. The van der Waals surface area contributed by atoms with E-state index in [1.807, 2.05) is 5.38 Å². The summed E-state index contributed by atoms with van der Waals surface area (Å²) >= 11 is 1.59. The zero-order valence-electron chi connectivity index (χ0n) is 9.79. The first-order valence-corrected chi connectivity index (χ1v) is 7.13. The molecule has 0 aromatic carbocycles. The quantitative estimate of drug-likeness (QED) is 0.871. The van der Waals surface area contributed by atoms with Crippen molar-refractivity contribution in [1.29, 1.82) is 0 Å². The van der Waals surface area contributed by atoms with Crippen LogP contribution in [0.25, 0.3) is 0 Å². The lowest BCUT2D eigenvalue weighted by molar-refractivity contribution is -0.101. The number of thiazole rings is 1. The first-order valence-electron chi connectivity index (χ1n) is 6.25. The van der Waals surface area contributed by atoms with Crippen LogP contribution in [0.2, 0.25) is 0 Å². The molecule has 4 nitrogen and oxygen atoms in total. The van der Waals surface area contributed by atoms with Crippen LogP contribution >= 0.6 is 11.3 Å². The van der Waals surface area contributed by atoms with E-state index < -0.39 is 6.10 Å². The smallest absolute Gasteiger partial charge is 0.0965 e. The van der Waals surface area contributed by atoms with Crippen LogP contribution in [0, 0.1) is 0 Å². The SMILES string of the molecule is OC(Cc1nccs1)C1CN2CCCC2CO1. The topological polar surface area (TPSA) is 45.6 Å². The molecule has 0 aliphatic carbocycles. The molecule has 0 spiro atoms. The van der Waals surface area contributed by atoms with Crippen LogP contribution in [0.5, 0.6) is 0 Å². The molecule has 5 heteroatoms. The van der Waals surface area contributed by atoms with Gasteiger partial charge in [-0.05, 0) is 19.4 Å². The number of hydrogen-bond donors (Lipinski definition) is 1. The van der Waals surface area contributed by atoms with Crippen LogP contribution < -0.4 is 0 Å². The van der Waals surface area contributed by atoms with Crippen molar-refractivity contribution in [2.75, 3.05) is 19.7 Å². The molecule has 94 valence electrons. The van der Waals surface area contributed by atoms with Gasteiger partial charge in [-0.1, -0.05) is 0 Å². The van der Waals surface area contributed by atoms with Gasteiger partial charge in [0, 0.05) is 30.6 Å². The van der Waals surface area contributed by atoms with Gasteiger partial charge in [-0.15, -0.1) is 11.3 Å². The first kappa shape index (κ1) is 11.6. The summed E-state index contributed by atoms with van der Waals surface area (Å²) in [5, 5.41) is 13.1. The summed E-state index contributed by atoms with van der Waals surface area (Å²) in [6.45, 7) is 2.81. The molecule has 3 heterocycles. The Bertz CT molecular complexity index is 357. The van der Waals surface area contributed by atoms with Crippen molar-refractivity contribution in [3.63, 3.8) is 0 Å². The van der Waals surface area contributed by atoms with Gasteiger partial charge >= 0.3 is 0 Å². The Hall–Kier alpha value is -0.490. The molecule has 17 heavy (non-hydrogen) atoms. The number of ether oxygens (including phenoxy) is 1. The van der Waals surface area contributed by atoms with Crippen LogP contribution in [-0.2, 0) is 11.2 Å². The lowest BCUT2D eigenvalue weighted by atomic mass is 10.1. The standard InChI is InChI=1S/C12H18N2O2S/c15-10(6-12-13-3-5-17-12)11-7-14-4-1-2-9(14)8-16-11/h3,5,9-11,15H,1-2,4,6-8H2. The Morgan fingerprint density at radius 1 is 1.65 bits per heavy atom. The number of aromatic nitrogens is 1. The number of rotatable bonds is 3. The van der Waals surface area contributed by atoms with E-state index >= 15 is 0 Å². The minimum Gasteiger partial charge on any atom is -0.390 e. The maximum absolute atomic E-state index is 10.2. The predicted octanol–water partition coefficient (Wildman–Crippen LogP) is 0.910. The zero-order valence-corrected chi connectivity index (χ0v) is 10.6. The Balaban J connectivity index is 1.57. The molecule has 2 fully saturated rings. The van der Waals surface area contributed by atoms with Gasteiger partial charge in [0.2, 0.25) is 0 Å². The lowest BCUT2D eigenvalue weighted by Gasteiger charge is -2.37. The van der Waals surface area contributed by atoms with Gasteiger partial charge in [0.1, 0.15) is 0 Å². The van der Waals surface area contributed by atoms with Gasteiger partial charge < -0.3 is 9.84 Å². The molecule has 1 aromatic heterocycles. The maximum Gasteiger partial charge on any atom is 0.0965 e. The monoisotopic (exact) mass is 254 g/mol. The van der Waals surface area contributed by atoms with E-state index in [1.165, 1.54) is 12.8 Å². The van der Waals surface area contributed by atoms with E-state index in [2.05, 4.69) is 9.88 Å². The van der Waals surface area contributed by atoms with Gasteiger partial charge in [0.15, 0.2) is 0 Å². The van der Waals surface area contributed by atoms with Crippen molar-refractivity contribution >= 4 is 11.3 Å². The fourth-order valence-corrected chi connectivity index (χ4v) is 3.41. The second kappa shape index (κ2) is 5.02. The molecule has 2 aliphatic rings. The molecule has 3 rings (SSSR count). The molecule has 0 radical (unpaired) electrons. The highest BCUT2D eigenvalue weighted by molar-refractivity contribution is 7.09. The van der Waals surface area contributed by atoms with E-state index in [0.717, 1.165) is 24.7 Å². The van der Waals surface area contributed by atoms with Crippen molar-refractivity contribution in [3.05, 3.63) is 16.6 Å². The summed E-state index contributed by atoms with van der Waals surface area (Å²) < 4.78 is 5.79. The molecule has 1 N–H and O–H groups in total. The summed E-state index contributed by atoms with van der Waals surface area (Å²) in [4.78, 5) is 6.66. The van der Waals surface area contributed by atoms with Gasteiger partial charge in [0.05, 0.1) is 23.8 Å². The number of aliphatic hydroxyl groups is 1. The molecule has 3 unspecified atom stereocenters. The molecule has 0 amide bonds. The highest BCUT2D eigenvalue weighted by atomic mass is 32.1. The molecule has 2 saturated heterocycles. The summed E-state index contributed by atoms with van der Waals surface area (Å²) in [5.74, 6) is 0. The molecule has 1 aromatic rings. The Labute approximate surface area is 105 Å². The number of morpholine rings is 1. The summed E-state index contributed by atoms with van der Waals surface area (Å²) in [6, 6.07) is 0.596. The van der Waals surface area contributed by atoms with Gasteiger partial charge in [-0.3, -0.25) is 4.90 Å². The maximum atomic E-state index is 10.2. The van der Waals surface area contributed by atoms with Crippen molar-refractivity contribution < 1.29 is 9.84 Å². The van der Waals surface area contributed by atoms with Crippen molar-refractivity contribution in [2.24, 2.45) is 0 Å². The third kappa shape index (κ3) is 2.52. The van der Waals surface area contributed by atoms with Gasteiger partial charge in [-0.2, -0.15) is 0 Å². The molecular weight excluding hydrogens is 236 g/mol. The van der Waals surface area contributed by atoms with Crippen molar-refractivity contribution in [1.82, 2.24) is 9.88 Å². The van der Waals surface area contributed by atoms with Gasteiger partial charge in [-0.25, -0.2) is 4.98 Å². The van der Waals surface area contributed by atoms with E-state index in [1.54, 1.807) is 17.5 Å². The second-order valence-electron chi connectivity index (χ2n) is 4.86. The summed E-state index contributed by atoms with van der Waals surface area (Å²) in [6.07, 6.45) is 4.43. The Morgan fingerprint density at radius 2 is 2.59 bits per heavy atom. The minimum absolute atomic E-state index is 0.0479. The highest BCUT2D eigenvalue weighted by Gasteiger charge is 2.35. The van der Waals surface area contributed by atoms with Crippen molar-refractivity contribution in [3.8, 4) is 0 Å². The van der Waals surface area contributed by atoms with E-state index in [4.69, 9.17) is 4.74 Å². The normalized spacial score (nSPS) is 31.4. The van der Waals surface area contributed by atoms with Crippen LogP contribution in [0.15, 0.2) is 11.6 Å². The molecule has 2 aliphatic heterocycles. The Kier molecular flexibility index (Phi) is 3.42. The van der Waals surface area contributed by atoms with Gasteiger partial charge in [0.25, 0.3) is 0 Å². The number of fused-ring (bicyclic) bond motifs is 1. The fourth-order valence-electron chi connectivity index (χ4n) is 2.74. The predicted molar refractivity (Wildman–Crippen MR) is 66.2 cm³/mol. The van der Waals surface area contributed by atoms with Crippen LogP contribution in [0.1, 0.15) is 17.8 Å². The third-order valence-corrected chi connectivity index (χ3v) is 4.51. The van der Waals surface area contributed by atoms with E-state index in [9.17, 15) is 5.11 Å². The average Bonchev–Trinajstić information content (AvgIpc) is 2.97. The lowest BCUT2D eigenvalue weighted by Crippen LogP contribution is -2.50. The number of aliphatic hydroxyl groups excluding tert-OH is 1. The number of hydrogen-bond acceptors (Lipinski definition) is 5. The number of nitrogens with zero attached hydrogens (tertiary/aromatic N) is 2. The second-order valence-corrected chi connectivity index (χ2v) is 5.84. The summed E-state index contributed by atoms with van der Waals surface area (Å²) in [7, 11) is 0. The minimum atomic E-state index is -0.428. The van der Waals surface area contributed by atoms with Crippen LogP contribution in [0.3, 0.4) is 0 Å². The zero-order chi connectivity index (χ0) is 11.7. The third-order valence-electron chi connectivity index (χ3n) is 3.71. The highest BCUT2D eigenvalue weighted by Crippen LogP contribution is 2.24. The fraction of sp³-hybridized carbons (Fsp3) is 0.750. The summed E-state index contributed by atoms with van der Waals surface area (Å²) in [5.41, 5.74) is 0. The van der Waals surface area contributed by atoms with Crippen LogP contribution in [0.4, 0.5) is 0 Å². The Morgan fingerprint density at radius 3 is 3.41 bits per heavy atom.